The topological polar surface area (TPSA) is 96.6 Å². The van der Waals surface area contributed by atoms with Crippen molar-refractivity contribution in [3.05, 3.63) is 54.5 Å². The van der Waals surface area contributed by atoms with Crippen LogP contribution in [-0.4, -0.2) is 44.3 Å². The SMILES string of the molecule is C#Cc1ccc(-c2n[nH]c3cnc(-c4cccnc4)cc23)nc1N1CCCC(N)C1. The minimum absolute atomic E-state index is 0.133. The van der Waals surface area contributed by atoms with Gasteiger partial charge in [0.1, 0.15) is 11.5 Å². The molecule has 4 aromatic heterocycles. The Bertz CT molecular complexity index is 1240. The molecular formula is C23H21N7. The third kappa shape index (κ3) is 3.27. The number of fused-ring (bicyclic) bond motifs is 1. The van der Waals surface area contributed by atoms with Gasteiger partial charge in [-0.1, -0.05) is 5.92 Å². The lowest BCUT2D eigenvalue weighted by Crippen LogP contribution is -2.43. The van der Waals surface area contributed by atoms with Crippen LogP contribution in [0.4, 0.5) is 5.82 Å². The summed E-state index contributed by atoms with van der Waals surface area (Å²) in [6.07, 6.45) is 13.1. The first kappa shape index (κ1) is 18.3. The van der Waals surface area contributed by atoms with E-state index in [4.69, 9.17) is 17.1 Å². The van der Waals surface area contributed by atoms with Crippen molar-refractivity contribution < 1.29 is 0 Å². The molecule has 5 rings (SSSR count). The lowest BCUT2D eigenvalue weighted by molar-refractivity contribution is 0.503. The molecule has 1 aliphatic rings. The number of nitrogens with two attached hydrogens (primary N) is 1. The molecule has 1 atom stereocenters. The summed E-state index contributed by atoms with van der Waals surface area (Å²) in [5, 5.41) is 8.53. The highest BCUT2D eigenvalue weighted by molar-refractivity contribution is 5.93. The molecule has 5 heterocycles. The molecule has 1 unspecified atom stereocenters. The Morgan fingerprint density at radius 1 is 1.20 bits per heavy atom. The molecule has 7 nitrogen and oxygen atoms in total. The number of rotatable bonds is 3. The van der Waals surface area contributed by atoms with Gasteiger partial charge >= 0.3 is 0 Å². The lowest BCUT2D eigenvalue weighted by Gasteiger charge is -2.32. The van der Waals surface area contributed by atoms with Crippen molar-refractivity contribution in [3.8, 4) is 35.0 Å². The second-order valence-corrected chi connectivity index (χ2v) is 7.49. The molecule has 3 N–H and O–H groups in total. The number of nitrogens with zero attached hydrogens (tertiary/aromatic N) is 5. The van der Waals surface area contributed by atoms with Crippen molar-refractivity contribution in [2.24, 2.45) is 5.73 Å². The minimum atomic E-state index is 0.133. The summed E-state index contributed by atoms with van der Waals surface area (Å²) in [5.74, 6) is 3.55. The zero-order chi connectivity index (χ0) is 20.5. The second kappa shape index (κ2) is 7.58. The maximum absolute atomic E-state index is 6.18. The van der Waals surface area contributed by atoms with Crippen LogP contribution in [0.2, 0.25) is 0 Å². The molecule has 1 fully saturated rings. The Morgan fingerprint density at radius 2 is 2.13 bits per heavy atom. The highest BCUT2D eigenvalue weighted by Gasteiger charge is 2.21. The van der Waals surface area contributed by atoms with Crippen molar-refractivity contribution in [2.45, 2.75) is 18.9 Å². The van der Waals surface area contributed by atoms with Crippen LogP contribution in [0.15, 0.2) is 48.9 Å². The summed E-state index contributed by atoms with van der Waals surface area (Å²) in [6, 6.07) is 9.88. The lowest BCUT2D eigenvalue weighted by atomic mass is 10.1. The third-order valence-corrected chi connectivity index (χ3v) is 5.44. The highest BCUT2D eigenvalue weighted by Crippen LogP contribution is 2.30. The summed E-state index contributed by atoms with van der Waals surface area (Å²) < 4.78 is 0. The van der Waals surface area contributed by atoms with Gasteiger partial charge in [0.05, 0.1) is 28.7 Å². The van der Waals surface area contributed by atoms with E-state index in [-0.39, 0.29) is 6.04 Å². The first-order valence-corrected chi connectivity index (χ1v) is 9.96. The number of aromatic amines is 1. The van der Waals surface area contributed by atoms with E-state index in [2.05, 4.69) is 31.0 Å². The Morgan fingerprint density at radius 3 is 2.93 bits per heavy atom. The number of nitrogens with one attached hydrogen (secondary N) is 1. The quantitative estimate of drug-likeness (QED) is 0.518. The molecule has 0 bridgehead atoms. The summed E-state index contributed by atoms with van der Waals surface area (Å²) in [7, 11) is 0. The van der Waals surface area contributed by atoms with E-state index >= 15 is 0 Å². The predicted molar refractivity (Wildman–Crippen MR) is 118 cm³/mol. The minimum Gasteiger partial charge on any atom is -0.354 e. The van der Waals surface area contributed by atoms with E-state index in [9.17, 15) is 0 Å². The van der Waals surface area contributed by atoms with Gasteiger partial charge in [-0.15, -0.1) is 6.42 Å². The molecular weight excluding hydrogens is 374 g/mol. The van der Waals surface area contributed by atoms with E-state index in [0.29, 0.717) is 0 Å². The molecule has 0 radical (unpaired) electrons. The van der Waals surface area contributed by atoms with Gasteiger partial charge < -0.3 is 10.6 Å². The van der Waals surface area contributed by atoms with Gasteiger partial charge in [-0.05, 0) is 43.2 Å². The molecule has 0 saturated carbocycles. The normalized spacial score (nSPS) is 16.5. The molecule has 0 aromatic carbocycles. The number of aromatic nitrogens is 5. The maximum atomic E-state index is 6.18. The molecule has 30 heavy (non-hydrogen) atoms. The van der Waals surface area contributed by atoms with Crippen LogP contribution in [0.5, 0.6) is 0 Å². The Kier molecular flexibility index (Phi) is 4.62. The number of piperidine rings is 1. The monoisotopic (exact) mass is 395 g/mol. The fraction of sp³-hybridized carbons (Fsp3) is 0.217. The molecule has 1 aliphatic heterocycles. The summed E-state index contributed by atoms with van der Waals surface area (Å²) in [4.78, 5) is 15.8. The van der Waals surface area contributed by atoms with Crippen LogP contribution in [0.3, 0.4) is 0 Å². The van der Waals surface area contributed by atoms with Crippen molar-refractivity contribution in [2.75, 3.05) is 18.0 Å². The van der Waals surface area contributed by atoms with E-state index < -0.39 is 0 Å². The van der Waals surface area contributed by atoms with Gasteiger partial charge in [0, 0.05) is 42.5 Å². The standard InChI is InChI=1S/C23H21N7/c1-2-15-7-8-19(27-23(15)30-10-4-6-17(24)14-30)22-18-11-20(16-5-3-9-25-12-16)26-13-21(18)28-29-22/h1,3,5,7-9,11-13,17H,4,6,10,14,24H2,(H,28,29). The molecule has 7 heteroatoms. The predicted octanol–water partition coefficient (Wildman–Crippen LogP) is 2.99. The third-order valence-electron chi connectivity index (χ3n) is 5.44. The average molecular weight is 395 g/mol. The molecule has 4 aromatic rings. The van der Waals surface area contributed by atoms with Gasteiger partial charge in [-0.3, -0.25) is 15.1 Å². The summed E-state index contributed by atoms with van der Waals surface area (Å²) in [6.45, 7) is 1.65. The number of anilines is 1. The van der Waals surface area contributed by atoms with Crippen LogP contribution in [0.25, 0.3) is 33.5 Å². The smallest absolute Gasteiger partial charge is 0.145 e. The highest BCUT2D eigenvalue weighted by atomic mass is 15.2. The number of H-pyrrole nitrogens is 1. The Balaban J connectivity index is 1.60. The van der Waals surface area contributed by atoms with Crippen LogP contribution in [-0.2, 0) is 0 Å². The molecule has 148 valence electrons. The van der Waals surface area contributed by atoms with Gasteiger partial charge in [0.2, 0.25) is 0 Å². The average Bonchev–Trinajstić information content (AvgIpc) is 3.22. The first-order chi connectivity index (χ1) is 14.7. The Hall–Kier alpha value is -3.76. The molecule has 0 spiro atoms. The maximum Gasteiger partial charge on any atom is 0.145 e. The second-order valence-electron chi connectivity index (χ2n) is 7.49. The number of pyridine rings is 3. The molecule has 0 amide bonds. The van der Waals surface area contributed by atoms with Crippen LogP contribution in [0.1, 0.15) is 18.4 Å². The largest absolute Gasteiger partial charge is 0.354 e. The van der Waals surface area contributed by atoms with Crippen molar-refractivity contribution in [3.63, 3.8) is 0 Å². The van der Waals surface area contributed by atoms with E-state index in [1.54, 1.807) is 18.6 Å². The zero-order valence-electron chi connectivity index (χ0n) is 16.4. The number of terminal acetylenes is 1. The molecule has 1 saturated heterocycles. The van der Waals surface area contributed by atoms with Crippen LogP contribution < -0.4 is 10.6 Å². The number of hydrogen-bond acceptors (Lipinski definition) is 6. The number of hydrogen-bond donors (Lipinski definition) is 2. The molecule has 0 aliphatic carbocycles. The van der Waals surface area contributed by atoms with Gasteiger partial charge in [-0.25, -0.2) is 4.98 Å². The van der Waals surface area contributed by atoms with E-state index in [1.807, 2.05) is 30.3 Å². The van der Waals surface area contributed by atoms with Crippen molar-refractivity contribution in [1.29, 1.82) is 0 Å². The summed E-state index contributed by atoms with van der Waals surface area (Å²) >= 11 is 0. The van der Waals surface area contributed by atoms with E-state index in [1.165, 1.54) is 0 Å². The van der Waals surface area contributed by atoms with Crippen LogP contribution in [0, 0.1) is 12.3 Å². The van der Waals surface area contributed by atoms with E-state index in [0.717, 1.165) is 70.9 Å². The van der Waals surface area contributed by atoms with Gasteiger partial charge in [0.15, 0.2) is 0 Å². The van der Waals surface area contributed by atoms with Gasteiger partial charge in [-0.2, -0.15) is 5.10 Å². The van der Waals surface area contributed by atoms with Crippen molar-refractivity contribution >= 4 is 16.7 Å². The van der Waals surface area contributed by atoms with Crippen LogP contribution >= 0.6 is 0 Å². The first-order valence-electron chi connectivity index (χ1n) is 9.96. The Labute approximate surface area is 174 Å². The fourth-order valence-electron chi connectivity index (χ4n) is 3.92. The van der Waals surface area contributed by atoms with Gasteiger partial charge in [0.25, 0.3) is 0 Å². The summed E-state index contributed by atoms with van der Waals surface area (Å²) in [5.41, 5.74) is 11.1. The zero-order valence-corrected chi connectivity index (χ0v) is 16.4. The van der Waals surface area contributed by atoms with Crippen molar-refractivity contribution in [1.82, 2.24) is 25.1 Å². The fourth-order valence-corrected chi connectivity index (χ4v) is 3.92.